The zero-order valence-electron chi connectivity index (χ0n) is 9.25. The molecule has 6 nitrogen and oxygen atoms in total. The number of para-hydroxylation sites is 2. The van der Waals surface area contributed by atoms with E-state index in [-0.39, 0.29) is 11.7 Å². The largest absolute Gasteiger partial charge is 0.370 e. The SMILES string of the molecule is CC(Nc1ccccc1[N+](=O)[O-])c1ncc[nH]1. The average Bonchev–Trinajstić information content (AvgIpc) is 2.83. The van der Waals surface area contributed by atoms with E-state index in [2.05, 4.69) is 15.3 Å². The van der Waals surface area contributed by atoms with Crippen LogP contribution in [-0.2, 0) is 0 Å². The molecule has 0 aliphatic carbocycles. The van der Waals surface area contributed by atoms with Crippen molar-refractivity contribution in [1.82, 2.24) is 9.97 Å². The topological polar surface area (TPSA) is 83.8 Å². The third-order valence-electron chi connectivity index (χ3n) is 2.40. The molecule has 6 heteroatoms. The van der Waals surface area contributed by atoms with Crippen LogP contribution in [0.3, 0.4) is 0 Å². The van der Waals surface area contributed by atoms with E-state index >= 15 is 0 Å². The van der Waals surface area contributed by atoms with Crippen molar-refractivity contribution in [3.05, 3.63) is 52.6 Å². The molecule has 0 amide bonds. The Kier molecular flexibility index (Phi) is 3.04. The van der Waals surface area contributed by atoms with Crippen LogP contribution in [-0.4, -0.2) is 14.9 Å². The van der Waals surface area contributed by atoms with Crippen molar-refractivity contribution in [3.63, 3.8) is 0 Å². The molecule has 1 unspecified atom stereocenters. The minimum atomic E-state index is -0.406. The number of imidazole rings is 1. The predicted octanol–water partition coefficient (Wildman–Crippen LogP) is 2.49. The van der Waals surface area contributed by atoms with Crippen molar-refractivity contribution in [2.45, 2.75) is 13.0 Å². The number of aromatic nitrogens is 2. The Bertz CT molecular complexity index is 510. The highest BCUT2D eigenvalue weighted by molar-refractivity contribution is 5.61. The summed E-state index contributed by atoms with van der Waals surface area (Å²) in [5, 5.41) is 13.9. The second kappa shape index (κ2) is 4.65. The number of nitro groups is 1. The van der Waals surface area contributed by atoms with Crippen LogP contribution in [0.25, 0.3) is 0 Å². The van der Waals surface area contributed by atoms with Crippen LogP contribution in [0.5, 0.6) is 0 Å². The monoisotopic (exact) mass is 232 g/mol. The number of aromatic amines is 1. The molecule has 1 atom stereocenters. The zero-order chi connectivity index (χ0) is 12.3. The highest BCUT2D eigenvalue weighted by Crippen LogP contribution is 2.26. The van der Waals surface area contributed by atoms with E-state index in [1.807, 2.05) is 6.92 Å². The van der Waals surface area contributed by atoms with Crippen molar-refractivity contribution in [1.29, 1.82) is 0 Å². The van der Waals surface area contributed by atoms with Crippen LogP contribution in [0, 0.1) is 10.1 Å². The highest BCUT2D eigenvalue weighted by atomic mass is 16.6. The first-order chi connectivity index (χ1) is 8.18. The van der Waals surface area contributed by atoms with E-state index in [4.69, 9.17) is 0 Å². The van der Waals surface area contributed by atoms with Crippen LogP contribution in [0.15, 0.2) is 36.7 Å². The van der Waals surface area contributed by atoms with Gasteiger partial charge >= 0.3 is 0 Å². The second-order valence-electron chi connectivity index (χ2n) is 3.61. The number of nitro benzene ring substituents is 1. The Morgan fingerprint density at radius 3 is 2.88 bits per heavy atom. The molecule has 1 aromatic carbocycles. The normalized spacial score (nSPS) is 12.1. The summed E-state index contributed by atoms with van der Waals surface area (Å²) in [6, 6.07) is 6.42. The van der Waals surface area contributed by atoms with Gasteiger partial charge in [0, 0.05) is 18.5 Å². The molecular formula is C11H12N4O2. The molecule has 2 aromatic rings. The molecular weight excluding hydrogens is 220 g/mol. The number of anilines is 1. The van der Waals surface area contributed by atoms with Crippen molar-refractivity contribution in [3.8, 4) is 0 Å². The van der Waals surface area contributed by atoms with Crippen LogP contribution >= 0.6 is 0 Å². The van der Waals surface area contributed by atoms with Crippen molar-refractivity contribution < 1.29 is 4.92 Å². The van der Waals surface area contributed by atoms with E-state index in [9.17, 15) is 10.1 Å². The maximum Gasteiger partial charge on any atom is 0.292 e. The van der Waals surface area contributed by atoms with E-state index < -0.39 is 4.92 Å². The standard InChI is InChI=1S/C11H12N4O2/c1-8(11-12-6-7-13-11)14-9-4-2-3-5-10(9)15(16)17/h2-8,14H,1H3,(H,12,13). The van der Waals surface area contributed by atoms with Gasteiger partial charge in [0.1, 0.15) is 11.5 Å². The molecule has 0 spiro atoms. The summed E-state index contributed by atoms with van der Waals surface area (Å²) in [7, 11) is 0. The van der Waals surface area contributed by atoms with Gasteiger partial charge in [0.25, 0.3) is 5.69 Å². The molecule has 0 saturated carbocycles. The molecule has 0 aliphatic rings. The number of H-pyrrole nitrogens is 1. The van der Waals surface area contributed by atoms with E-state index in [0.717, 1.165) is 5.82 Å². The maximum absolute atomic E-state index is 10.8. The van der Waals surface area contributed by atoms with Crippen LogP contribution < -0.4 is 5.32 Å². The first-order valence-corrected chi connectivity index (χ1v) is 5.17. The average molecular weight is 232 g/mol. The lowest BCUT2D eigenvalue weighted by Crippen LogP contribution is -2.09. The molecule has 0 aliphatic heterocycles. The minimum Gasteiger partial charge on any atom is -0.370 e. The fraction of sp³-hybridized carbons (Fsp3) is 0.182. The molecule has 0 fully saturated rings. The summed E-state index contributed by atoms with van der Waals surface area (Å²) in [5.74, 6) is 0.739. The van der Waals surface area contributed by atoms with Gasteiger partial charge in [0.05, 0.1) is 11.0 Å². The molecule has 2 N–H and O–H groups in total. The molecule has 0 bridgehead atoms. The lowest BCUT2D eigenvalue weighted by molar-refractivity contribution is -0.384. The number of hydrogen-bond donors (Lipinski definition) is 2. The molecule has 17 heavy (non-hydrogen) atoms. The minimum absolute atomic E-state index is 0.0610. The van der Waals surface area contributed by atoms with E-state index in [1.54, 1.807) is 30.6 Å². The van der Waals surface area contributed by atoms with Crippen molar-refractivity contribution in [2.75, 3.05) is 5.32 Å². The number of benzene rings is 1. The molecule has 1 heterocycles. The Hall–Kier alpha value is -2.37. The molecule has 1 aromatic heterocycles. The maximum atomic E-state index is 10.8. The van der Waals surface area contributed by atoms with E-state index in [0.29, 0.717) is 5.69 Å². The van der Waals surface area contributed by atoms with Gasteiger partial charge in [-0.25, -0.2) is 4.98 Å². The lowest BCUT2D eigenvalue weighted by atomic mass is 10.2. The second-order valence-corrected chi connectivity index (χ2v) is 3.61. The van der Waals surface area contributed by atoms with Gasteiger partial charge in [-0.3, -0.25) is 10.1 Å². The third-order valence-corrected chi connectivity index (χ3v) is 2.40. The van der Waals surface area contributed by atoms with Gasteiger partial charge in [-0.05, 0) is 13.0 Å². The van der Waals surface area contributed by atoms with Gasteiger partial charge in [0.2, 0.25) is 0 Å². The predicted molar refractivity (Wildman–Crippen MR) is 63.7 cm³/mol. The quantitative estimate of drug-likeness (QED) is 0.626. The van der Waals surface area contributed by atoms with Crippen molar-refractivity contribution in [2.24, 2.45) is 0 Å². The van der Waals surface area contributed by atoms with Gasteiger partial charge < -0.3 is 10.3 Å². The summed E-state index contributed by atoms with van der Waals surface area (Å²) in [6.45, 7) is 1.88. The smallest absolute Gasteiger partial charge is 0.292 e. The summed E-state index contributed by atoms with van der Waals surface area (Å²) < 4.78 is 0. The summed E-state index contributed by atoms with van der Waals surface area (Å²) in [5.41, 5.74) is 0.548. The molecule has 88 valence electrons. The Morgan fingerprint density at radius 1 is 1.47 bits per heavy atom. The Morgan fingerprint density at radius 2 is 2.24 bits per heavy atom. The van der Waals surface area contributed by atoms with Crippen LogP contribution in [0.1, 0.15) is 18.8 Å². The van der Waals surface area contributed by atoms with Crippen LogP contribution in [0.4, 0.5) is 11.4 Å². The third kappa shape index (κ3) is 2.41. The molecule has 2 rings (SSSR count). The number of nitrogens with zero attached hydrogens (tertiary/aromatic N) is 2. The Balaban J connectivity index is 2.21. The molecule has 0 radical (unpaired) electrons. The number of nitrogens with one attached hydrogen (secondary N) is 2. The summed E-state index contributed by atoms with van der Waals surface area (Å²) in [4.78, 5) is 17.5. The number of rotatable bonds is 4. The summed E-state index contributed by atoms with van der Waals surface area (Å²) >= 11 is 0. The fourth-order valence-corrected chi connectivity index (χ4v) is 1.57. The number of hydrogen-bond acceptors (Lipinski definition) is 4. The lowest BCUT2D eigenvalue weighted by Gasteiger charge is -2.12. The highest BCUT2D eigenvalue weighted by Gasteiger charge is 2.15. The zero-order valence-corrected chi connectivity index (χ0v) is 9.25. The van der Waals surface area contributed by atoms with Crippen molar-refractivity contribution >= 4 is 11.4 Å². The first-order valence-electron chi connectivity index (χ1n) is 5.17. The van der Waals surface area contributed by atoms with Crippen LogP contribution in [0.2, 0.25) is 0 Å². The van der Waals surface area contributed by atoms with Gasteiger partial charge in [-0.1, -0.05) is 12.1 Å². The van der Waals surface area contributed by atoms with Gasteiger partial charge in [-0.2, -0.15) is 0 Å². The summed E-state index contributed by atoms with van der Waals surface area (Å²) in [6.07, 6.45) is 3.36. The fourth-order valence-electron chi connectivity index (χ4n) is 1.57. The van der Waals surface area contributed by atoms with Gasteiger partial charge in [-0.15, -0.1) is 0 Å². The Labute approximate surface area is 97.9 Å². The first kappa shape index (κ1) is 11.1. The van der Waals surface area contributed by atoms with E-state index in [1.165, 1.54) is 6.07 Å². The molecule has 0 saturated heterocycles. The van der Waals surface area contributed by atoms with Gasteiger partial charge in [0.15, 0.2) is 0 Å².